The first-order valence-corrected chi connectivity index (χ1v) is 6.32. The molecular formula is C14H12N4O3. The molecule has 0 aliphatic carbocycles. The molecule has 0 spiro atoms. The van der Waals surface area contributed by atoms with E-state index >= 15 is 0 Å². The number of aromatic nitrogens is 3. The molecule has 2 aromatic heterocycles. The van der Waals surface area contributed by atoms with Crippen LogP contribution in [-0.4, -0.2) is 19.9 Å². The molecule has 0 aliphatic rings. The van der Waals surface area contributed by atoms with E-state index in [0.29, 0.717) is 11.5 Å². The first-order valence-electron chi connectivity index (χ1n) is 6.32. The molecule has 3 aromatic rings. The van der Waals surface area contributed by atoms with Crippen LogP contribution in [0.3, 0.4) is 0 Å². The minimum Gasteiger partial charge on any atom is -0.358 e. The Morgan fingerprint density at radius 2 is 2.05 bits per heavy atom. The summed E-state index contributed by atoms with van der Waals surface area (Å²) in [6, 6.07) is 11.0. The summed E-state index contributed by atoms with van der Waals surface area (Å²) in [5.74, 6) is 0.431. The summed E-state index contributed by atoms with van der Waals surface area (Å²) in [4.78, 5) is 10.3. The van der Waals surface area contributed by atoms with Crippen LogP contribution < -0.4 is 0 Å². The molecule has 7 heteroatoms. The molecule has 1 aromatic carbocycles. The van der Waals surface area contributed by atoms with Gasteiger partial charge in [0.15, 0.2) is 12.3 Å². The lowest BCUT2D eigenvalue weighted by atomic mass is 10.1. The lowest BCUT2D eigenvalue weighted by Crippen LogP contribution is -2.05. The fourth-order valence-electron chi connectivity index (χ4n) is 2.00. The maximum absolute atomic E-state index is 10.8. The molecule has 0 bridgehead atoms. The number of benzene rings is 1. The summed E-state index contributed by atoms with van der Waals surface area (Å²) in [6.07, 6.45) is 1.38. The van der Waals surface area contributed by atoms with Gasteiger partial charge in [-0.05, 0) is 11.8 Å². The zero-order valence-corrected chi connectivity index (χ0v) is 11.3. The van der Waals surface area contributed by atoms with Crippen LogP contribution in [0.4, 0.5) is 5.82 Å². The zero-order valence-electron chi connectivity index (χ0n) is 11.3. The van der Waals surface area contributed by atoms with Gasteiger partial charge < -0.3 is 14.6 Å². The molecule has 0 aliphatic heterocycles. The van der Waals surface area contributed by atoms with Crippen molar-refractivity contribution in [1.82, 2.24) is 14.9 Å². The van der Waals surface area contributed by atoms with E-state index in [0.717, 1.165) is 11.1 Å². The van der Waals surface area contributed by atoms with Crippen molar-refractivity contribution in [3.8, 4) is 11.3 Å². The van der Waals surface area contributed by atoms with Gasteiger partial charge in [-0.2, -0.15) is 0 Å². The molecule has 7 nitrogen and oxygen atoms in total. The third kappa shape index (κ3) is 2.66. The Bertz CT molecular complexity index is 774. The number of aryl methyl sites for hydroxylation is 1. The second kappa shape index (κ2) is 5.20. The van der Waals surface area contributed by atoms with Crippen LogP contribution in [0.25, 0.3) is 11.3 Å². The summed E-state index contributed by atoms with van der Waals surface area (Å²) >= 11 is 0. The molecule has 106 valence electrons. The molecule has 0 N–H and O–H groups in total. The largest absolute Gasteiger partial charge is 0.358 e. The van der Waals surface area contributed by atoms with Crippen molar-refractivity contribution in [2.24, 2.45) is 0 Å². The summed E-state index contributed by atoms with van der Waals surface area (Å²) < 4.78 is 6.49. The van der Waals surface area contributed by atoms with E-state index in [2.05, 4.69) is 10.3 Å². The third-order valence-corrected chi connectivity index (χ3v) is 3.09. The van der Waals surface area contributed by atoms with E-state index in [9.17, 15) is 10.1 Å². The molecule has 0 saturated carbocycles. The van der Waals surface area contributed by atoms with E-state index in [-0.39, 0.29) is 12.4 Å². The third-order valence-electron chi connectivity index (χ3n) is 3.09. The van der Waals surface area contributed by atoms with Crippen molar-refractivity contribution < 1.29 is 9.45 Å². The lowest BCUT2D eigenvalue weighted by molar-refractivity contribution is -0.392. The van der Waals surface area contributed by atoms with Gasteiger partial charge in [-0.15, -0.1) is 4.68 Å². The van der Waals surface area contributed by atoms with Crippen molar-refractivity contribution >= 4 is 5.82 Å². The fourth-order valence-corrected chi connectivity index (χ4v) is 2.00. The summed E-state index contributed by atoms with van der Waals surface area (Å²) in [7, 11) is 0. The predicted octanol–water partition coefficient (Wildman–Crippen LogP) is 2.80. The highest BCUT2D eigenvalue weighted by atomic mass is 16.6. The van der Waals surface area contributed by atoms with Crippen molar-refractivity contribution in [3.63, 3.8) is 0 Å². The van der Waals surface area contributed by atoms with E-state index in [1.54, 1.807) is 6.07 Å². The van der Waals surface area contributed by atoms with Gasteiger partial charge in [0.05, 0.1) is 12.3 Å². The fraction of sp³-hybridized carbons (Fsp3) is 0.143. The van der Waals surface area contributed by atoms with Gasteiger partial charge in [-0.3, -0.25) is 0 Å². The molecule has 0 unspecified atom stereocenters. The second-order valence-corrected chi connectivity index (χ2v) is 4.65. The van der Waals surface area contributed by atoms with E-state index < -0.39 is 4.92 Å². The summed E-state index contributed by atoms with van der Waals surface area (Å²) in [6.45, 7) is 2.18. The van der Waals surface area contributed by atoms with Gasteiger partial charge in [0.25, 0.3) is 0 Å². The number of hydrogen-bond donors (Lipinski definition) is 0. The maximum Gasteiger partial charge on any atom is 0.345 e. The van der Waals surface area contributed by atoms with Gasteiger partial charge >= 0.3 is 5.82 Å². The van der Waals surface area contributed by atoms with Crippen LogP contribution in [0, 0.1) is 17.0 Å². The van der Waals surface area contributed by atoms with Gasteiger partial charge in [-0.1, -0.05) is 40.1 Å². The van der Waals surface area contributed by atoms with Crippen molar-refractivity contribution in [2.45, 2.75) is 13.5 Å². The molecule has 0 atom stereocenters. The van der Waals surface area contributed by atoms with E-state index in [1.165, 1.54) is 16.9 Å². The van der Waals surface area contributed by atoms with Crippen molar-refractivity contribution in [3.05, 3.63) is 64.0 Å². The van der Waals surface area contributed by atoms with Gasteiger partial charge in [0.1, 0.15) is 5.69 Å². The summed E-state index contributed by atoms with van der Waals surface area (Å²) in [5.41, 5.74) is 2.79. The normalized spacial score (nSPS) is 10.7. The Morgan fingerprint density at radius 1 is 1.29 bits per heavy atom. The molecule has 2 heterocycles. The minimum atomic E-state index is -0.482. The Labute approximate surface area is 120 Å². The minimum absolute atomic E-state index is 0.0803. The highest BCUT2D eigenvalue weighted by molar-refractivity contribution is 5.59. The zero-order chi connectivity index (χ0) is 14.8. The number of nitro groups is 1. The lowest BCUT2D eigenvalue weighted by Gasteiger charge is -1.96. The van der Waals surface area contributed by atoms with Crippen molar-refractivity contribution in [1.29, 1.82) is 0 Å². The van der Waals surface area contributed by atoms with Gasteiger partial charge in [-0.25, -0.2) is 0 Å². The van der Waals surface area contributed by atoms with Gasteiger partial charge in [0.2, 0.25) is 0 Å². The smallest absolute Gasteiger partial charge is 0.345 e. The monoisotopic (exact) mass is 284 g/mol. The Kier molecular flexibility index (Phi) is 3.23. The van der Waals surface area contributed by atoms with Crippen LogP contribution in [-0.2, 0) is 6.54 Å². The van der Waals surface area contributed by atoms with Crippen LogP contribution in [0.15, 0.2) is 47.1 Å². The van der Waals surface area contributed by atoms with E-state index in [4.69, 9.17) is 4.52 Å². The standard InChI is InChI=1S/C14H12N4O3/c1-10-2-4-11(5-3-10)13-8-12(21-16-13)9-17-14(18(19)20)6-7-15-17/h2-8H,9H2,1H3. The average molecular weight is 284 g/mol. The first kappa shape index (κ1) is 13.0. The maximum atomic E-state index is 10.8. The van der Waals surface area contributed by atoms with Crippen LogP contribution >= 0.6 is 0 Å². The average Bonchev–Trinajstić information content (AvgIpc) is 3.09. The van der Waals surface area contributed by atoms with Crippen molar-refractivity contribution in [2.75, 3.05) is 0 Å². The van der Waals surface area contributed by atoms with Gasteiger partial charge in [0, 0.05) is 11.6 Å². The topological polar surface area (TPSA) is 87.0 Å². The Morgan fingerprint density at radius 3 is 2.76 bits per heavy atom. The Balaban J connectivity index is 1.83. The molecule has 0 fully saturated rings. The molecule has 3 rings (SSSR count). The van der Waals surface area contributed by atoms with Crippen LogP contribution in [0.5, 0.6) is 0 Å². The van der Waals surface area contributed by atoms with E-state index in [1.807, 2.05) is 31.2 Å². The number of hydrogen-bond acceptors (Lipinski definition) is 5. The SMILES string of the molecule is Cc1ccc(-c2cc(Cn3nccc3[N+](=O)[O-])on2)cc1. The van der Waals surface area contributed by atoms with Crippen LogP contribution in [0.1, 0.15) is 11.3 Å². The highest BCUT2D eigenvalue weighted by Crippen LogP contribution is 2.21. The quantitative estimate of drug-likeness (QED) is 0.543. The molecule has 0 saturated heterocycles. The molecule has 0 amide bonds. The molecule has 0 radical (unpaired) electrons. The molecule has 21 heavy (non-hydrogen) atoms. The Hall–Kier alpha value is -2.96. The number of nitrogens with zero attached hydrogens (tertiary/aromatic N) is 4. The van der Waals surface area contributed by atoms with Crippen LogP contribution in [0.2, 0.25) is 0 Å². The highest BCUT2D eigenvalue weighted by Gasteiger charge is 2.17. The predicted molar refractivity (Wildman–Crippen MR) is 74.7 cm³/mol. The molecular weight excluding hydrogens is 272 g/mol. The second-order valence-electron chi connectivity index (χ2n) is 4.65. The summed E-state index contributed by atoms with van der Waals surface area (Å²) in [5, 5.41) is 18.7. The first-order chi connectivity index (χ1) is 10.1. The number of rotatable bonds is 4.